The maximum absolute atomic E-state index is 11.9. The predicted octanol–water partition coefficient (Wildman–Crippen LogP) is 6.56. The predicted molar refractivity (Wildman–Crippen MR) is 138 cm³/mol. The lowest BCUT2D eigenvalue weighted by Crippen LogP contribution is -1.99. The number of carboxylic acid groups (broad SMARTS) is 1. The Hall–Kier alpha value is -3.58. The highest BCUT2D eigenvalue weighted by atomic mass is 79.9. The Labute approximate surface area is 218 Å². The lowest BCUT2D eigenvalue weighted by molar-refractivity contribution is -0.131. The van der Waals surface area contributed by atoms with Crippen molar-refractivity contribution in [2.45, 2.75) is 11.8 Å². The second-order valence-electron chi connectivity index (χ2n) is 7.14. The molecule has 0 aliphatic carbocycles. The summed E-state index contributed by atoms with van der Waals surface area (Å²) in [6.45, 7) is 0.231. The van der Waals surface area contributed by atoms with Crippen molar-refractivity contribution in [2.24, 2.45) is 0 Å². The summed E-state index contributed by atoms with van der Waals surface area (Å²) >= 11 is 10.3. The van der Waals surface area contributed by atoms with E-state index in [2.05, 4.69) is 37.2 Å². The SMILES string of the molecule is N#Cc1ccccc1COc1ccc(/C=C(\Sc2n[nH]c(-c3ccc(Cl)cc3)n2)C(=O)O)cc1Br. The highest BCUT2D eigenvalue weighted by Crippen LogP contribution is 2.31. The number of hydrogen-bond donors (Lipinski definition) is 2. The van der Waals surface area contributed by atoms with Gasteiger partial charge in [-0.3, -0.25) is 5.10 Å². The number of nitrogens with zero attached hydrogens (tertiary/aromatic N) is 3. The molecule has 0 aliphatic heterocycles. The molecule has 0 unspecified atom stereocenters. The monoisotopic (exact) mass is 566 g/mol. The zero-order valence-corrected chi connectivity index (χ0v) is 21.1. The molecular weight excluding hydrogens is 552 g/mol. The Morgan fingerprint density at radius 2 is 1.97 bits per heavy atom. The van der Waals surface area contributed by atoms with Crippen LogP contribution in [-0.2, 0) is 11.4 Å². The standard InChI is InChI=1S/C25H16BrClN4O3S/c26-20-11-15(5-10-21(20)34-14-18-4-2-1-3-17(18)13-28)12-22(24(32)33)35-25-29-23(30-31-25)16-6-8-19(27)9-7-16/h1-12H,14H2,(H,32,33)(H,29,30,31)/b22-12-. The van der Waals surface area contributed by atoms with Crippen LogP contribution in [-0.4, -0.2) is 26.3 Å². The highest BCUT2D eigenvalue weighted by molar-refractivity contribution is 9.10. The molecule has 4 rings (SSSR count). The molecule has 1 heterocycles. The molecule has 0 saturated heterocycles. The van der Waals surface area contributed by atoms with E-state index in [1.807, 2.05) is 12.1 Å². The molecule has 10 heteroatoms. The first kappa shape index (κ1) is 24.5. The molecule has 35 heavy (non-hydrogen) atoms. The van der Waals surface area contributed by atoms with E-state index in [4.69, 9.17) is 16.3 Å². The van der Waals surface area contributed by atoms with Crippen LogP contribution in [0.15, 0.2) is 81.3 Å². The van der Waals surface area contributed by atoms with Gasteiger partial charge in [-0.2, -0.15) is 5.26 Å². The number of ether oxygens (including phenoxy) is 1. The normalized spacial score (nSPS) is 11.2. The van der Waals surface area contributed by atoms with Crippen LogP contribution in [0.25, 0.3) is 17.5 Å². The third kappa shape index (κ3) is 6.31. The molecule has 0 fully saturated rings. The maximum Gasteiger partial charge on any atom is 0.342 e. The molecule has 2 N–H and O–H groups in total. The van der Waals surface area contributed by atoms with Gasteiger partial charge in [0, 0.05) is 16.1 Å². The first-order chi connectivity index (χ1) is 16.9. The molecule has 0 atom stereocenters. The minimum Gasteiger partial charge on any atom is -0.488 e. The smallest absolute Gasteiger partial charge is 0.342 e. The third-order valence-electron chi connectivity index (χ3n) is 4.77. The minimum absolute atomic E-state index is 0.0511. The van der Waals surface area contributed by atoms with E-state index in [0.29, 0.717) is 32.2 Å². The van der Waals surface area contributed by atoms with Crippen molar-refractivity contribution in [3.63, 3.8) is 0 Å². The zero-order chi connectivity index (χ0) is 24.8. The molecule has 174 valence electrons. The Bertz CT molecular complexity index is 1450. The van der Waals surface area contributed by atoms with Gasteiger partial charge in [-0.1, -0.05) is 35.9 Å². The number of aromatic amines is 1. The highest BCUT2D eigenvalue weighted by Gasteiger charge is 2.15. The Morgan fingerprint density at radius 1 is 1.20 bits per heavy atom. The fourth-order valence-electron chi connectivity index (χ4n) is 3.05. The van der Waals surface area contributed by atoms with E-state index >= 15 is 0 Å². The quantitative estimate of drug-likeness (QED) is 0.183. The summed E-state index contributed by atoms with van der Waals surface area (Å²) in [5.74, 6) is -0.0190. The van der Waals surface area contributed by atoms with Gasteiger partial charge in [-0.15, -0.1) is 5.10 Å². The van der Waals surface area contributed by atoms with Crippen LogP contribution in [0.4, 0.5) is 0 Å². The number of hydrogen-bond acceptors (Lipinski definition) is 6. The lowest BCUT2D eigenvalue weighted by atomic mass is 10.1. The third-order valence-corrected chi connectivity index (χ3v) is 6.52. The fraction of sp³-hybridized carbons (Fsp3) is 0.0400. The van der Waals surface area contributed by atoms with Crippen molar-refractivity contribution in [1.82, 2.24) is 15.2 Å². The van der Waals surface area contributed by atoms with Gasteiger partial charge in [0.1, 0.15) is 17.3 Å². The van der Waals surface area contributed by atoms with Gasteiger partial charge in [-0.05, 0) is 81.8 Å². The Kier molecular flexibility index (Phi) is 7.87. The number of carbonyl (C=O) groups is 1. The minimum atomic E-state index is -1.10. The number of benzene rings is 3. The summed E-state index contributed by atoms with van der Waals surface area (Å²) in [6, 6.07) is 21.7. The van der Waals surface area contributed by atoms with Crippen molar-refractivity contribution in [3.05, 3.63) is 97.8 Å². The van der Waals surface area contributed by atoms with Crippen molar-refractivity contribution in [1.29, 1.82) is 5.26 Å². The first-order valence-electron chi connectivity index (χ1n) is 10.1. The topological polar surface area (TPSA) is 112 Å². The number of halogens is 2. The van der Waals surface area contributed by atoms with E-state index in [9.17, 15) is 15.2 Å². The number of aromatic nitrogens is 3. The van der Waals surface area contributed by atoms with Gasteiger partial charge in [0.2, 0.25) is 5.16 Å². The number of nitriles is 1. The van der Waals surface area contributed by atoms with Crippen LogP contribution in [0.2, 0.25) is 5.02 Å². The van der Waals surface area contributed by atoms with Crippen molar-refractivity contribution >= 4 is 51.3 Å². The van der Waals surface area contributed by atoms with Crippen molar-refractivity contribution < 1.29 is 14.6 Å². The second kappa shape index (κ2) is 11.2. The molecule has 0 saturated carbocycles. The van der Waals surface area contributed by atoms with Crippen LogP contribution in [0.1, 0.15) is 16.7 Å². The molecule has 0 aliphatic rings. The van der Waals surface area contributed by atoms with Gasteiger partial charge < -0.3 is 9.84 Å². The number of rotatable bonds is 8. The fourth-order valence-corrected chi connectivity index (χ4v) is 4.39. The number of aliphatic carboxylic acids is 1. The number of carboxylic acids is 1. The average Bonchev–Trinajstić information content (AvgIpc) is 3.32. The van der Waals surface area contributed by atoms with E-state index < -0.39 is 5.97 Å². The van der Waals surface area contributed by atoms with E-state index in [1.54, 1.807) is 54.6 Å². The molecule has 0 amide bonds. The summed E-state index contributed by atoms with van der Waals surface area (Å²) in [7, 11) is 0. The van der Waals surface area contributed by atoms with Gasteiger partial charge in [0.25, 0.3) is 0 Å². The Morgan fingerprint density at radius 3 is 2.69 bits per heavy atom. The number of thioether (sulfide) groups is 1. The van der Waals surface area contributed by atoms with Crippen LogP contribution >= 0.6 is 39.3 Å². The van der Waals surface area contributed by atoms with Gasteiger partial charge in [0.15, 0.2) is 5.82 Å². The molecule has 1 aromatic heterocycles. The molecule has 0 spiro atoms. The first-order valence-corrected chi connectivity index (χ1v) is 12.1. The van der Waals surface area contributed by atoms with E-state index in [0.717, 1.165) is 22.9 Å². The molecule has 0 bridgehead atoms. The van der Waals surface area contributed by atoms with Gasteiger partial charge in [0.05, 0.1) is 16.1 Å². The van der Waals surface area contributed by atoms with Crippen LogP contribution < -0.4 is 4.74 Å². The summed E-state index contributed by atoms with van der Waals surface area (Å²) < 4.78 is 6.50. The second-order valence-corrected chi connectivity index (χ2v) is 9.44. The van der Waals surface area contributed by atoms with Crippen LogP contribution in [0, 0.1) is 11.3 Å². The van der Waals surface area contributed by atoms with Crippen LogP contribution in [0.5, 0.6) is 5.75 Å². The average molecular weight is 568 g/mol. The van der Waals surface area contributed by atoms with E-state index in [-0.39, 0.29) is 16.7 Å². The number of nitrogens with one attached hydrogen (secondary N) is 1. The molecule has 4 aromatic rings. The largest absolute Gasteiger partial charge is 0.488 e. The number of H-pyrrole nitrogens is 1. The van der Waals surface area contributed by atoms with Gasteiger partial charge in [-0.25, -0.2) is 9.78 Å². The van der Waals surface area contributed by atoms with Crippen molar-refractivity contribution in [2.75, 3.05) is 0 Å². The van der Waals surface area contributed by atoms with Gasteiger partial charge >= 0.3 is 5.97 Å². The molecule has 3 aromatic carbocycles. The molecule has 7 nitrogen and oxygen atoms in total. The zero-order valence-electron chi connectivity index (χ0n) is 17.9. The maximum atomic E-state index is 11.9. The molecule has 0 radical (unpaired) electrons. The van der Waals surface area contributed by atoms with Crippen molar-refractivity contribution in [3.8, 4) is 23.2 Å². The van der Waals surface area contributed by atoms with E-state index in [1.165, 1.54) is 6.08 Å². The summed E-state index contributed by atoms with van der Waals surface area (Å²) in [5.41, 5.74) is 2.77. The molecular formula is C25H16BrClN4O3S. The summed E-state index contributed by atoms with van der Waals surface area (Å²) in [4.78, 5) is 16.3. The summed E-state index contributed by atoms with van der Waals surface area (Å²) in [6.07, 6.45) is 1.53. The lowest BCUT2D eigenvalue weighted by Gasteiger charge is -2.10. The summed E-state index contributed by atoms with van der Waals surface area (Å²) in [5, 5.41) is 26.7. The Balaban J connectivity index is 1.49. The van der Waals surface area contributed by atoms with Crippen LogP contribution in [0.3, 0.4) is 0 Å².